The number of aromatic amines is 1. The Morgan fingerprint density at radius 1 is 1.00 bits per heavy atom. The Balaban J connectivity index is 1.60. The summed E-state index contributed by atoms with van der Waals surface area (Å²) in [6.45, 7) is 7.96. The van der Waals surface area contributed by atoms with Crippen LogP contribution in [0.25, 0.3) is 10.9 Å². The molecule has 3 rings (SSSR count). The van der Waals surface area contributed by atoms with Crippen molar-refractivity contribution in [3.63, 3.8) is 0 Å². The van der Waals surface area contributed by atoms with E-state index in [1.165, 1.54) is 92.1 Å². The van der Waals surface area contributed by atoms with Crippen molar-refractivity contribution in [3.8, 4) is 0 Å². The fourth-order valence-corrected chi connectivity index (χ4v) is 4.18. The largest absolute Gasteiger partial charge is 0.361 e. The molecule has 0 atom stereocenters. The maximum atomic E-state index is 3.42. The number of quaternary nitrogens is 1. The van der Waals surface area contributed by atoms with Crippen LogP contribution < -0.4 is 0 Å². The highest BCUT2D eigenvalue weighted by Crippen LogP contribution is 2.23. The number of fused-ring (bicyclic) bond motifs is 1. The van der Waals surface area contributed by atoms with Gasteiger partial charge in [0.1, 0.15) is 0 Å². The molecule has 1 aliphatic rings. The number of aromatic nitrogens is 1. The molecule has 1 aromatic carbocycles. The van der Waals surface area contributed by atoms with E-state index >= 15 is 0 Å². The van der Waals surface area contributed by atoms with Crippen molar-refractivity contribution in [2.45, 2.75) is 51.9 Å². The van der Waals surface area contributed by atoms with Crippen LogP contribution in [0.3, 0.4) is 0 Å². The van der Waals surface area contributed by atoms with Gasteiger partial charge in [-0.3, -0.25) is 0 Å². The molecule has 2 aromatic rings. The third-order valence-corrected chi connectivity index (χ3v) is 5.50. The number of H-pyrrole nitrogens is 1. The second kappa shape index (κ2) is 7.32. The monoisotopic (exact) mass is 299 g/mol. The molecule has 1 saturated heterocycles. The van der Waals surface area contributed by atoms with E-state index in [0.717, 1.165) is 0 Å². The first-order chi connectivity index (χ1) is 10.8. The first-order valence-corrected chi connectivity index (χ1v) is 9.23. The molecule has 0 unspecified atom stereocenters. The minimum Gasteiger partial charge on any atom is -0.361 e. The predicted octanol–water partition coefficient (Wildman–Crippen LogP) is 4.90. The van der Waals surface area contributed by atoms with Gasteiger partial charge in [0.05, 0.1) is 26.2 Å². The number of unbranched alkanes of at least 4 members (excludes halogenated alkanes) is 1. The Morgan fingerprint density at radius 2 is 1.77 bits per heavy atom. The van der Waals surface area contributed by atoms with Gasteiger partial charge < -0.3 is 9.47 Å². The number of hydrogen-bond donors (Lipinski definition) is 1. The lowest BCUT2D eigenvalue weighted by molar-refractivity contribution is -0.932. The van der Waals surface area contributed by atoms with Crippen LogP contribution >= 0.6 is 0 Å². The quantitative estimate of drug-likeness (QED) is 0.700. The number of likely N-dealkylation sites (tertiary alicyclic amines) is 1. The molecule has 2 heteroatoms. The minimum atomic E-state index is 1.22. The van der Waals surface area contributed by atoms with E-state index in [1.54, 1.807) is 0 Å². The number of para-hydroxylation sites is 1. The summed E-state index contributed by atoms with van der Waals surface area (Å²) < 4.78 is 1.40. The van der Waals surface area contributed by atoms with E-state index < -0.39 is 0 Å². The minimum absolute atomic E-state index is 1.22. The number of rotatable bonds is 7. The second-order valence-corrected chi connectivity index (χ2v) is 7.11. The molecule has 22 heavy (non-hydrogen) atoms. The number of piperidine rings is 1. The zero-order valence-electron chi connectivity index (χ0n) is 14.1. The third-order valence-electron chi connectivity index (χ3n) is 5.50. The lowest BCUT2D eigenvalue weighted by Crippen LogP contribution is -2.52. The number of aryl methyl sites for hydroxylation is 1. The Labute approximate surface area is 135 Å². The van der Waals surface area contributed by atoms with Gasteiger partial charge in [0.25, 0.3) is 0 Å². The highest BCUT2D eigenvalue weighted by Gasteiger charge is 2.28. The first kappa shape index (κ1) is 15.6. The van der Waals surface area contributed by atoms with E-state index in [1.807, 2.05) is 0 Å². The van der Waals surface area contributed by atoms with Crippen LogP contribution in [0.1, 0.15) is 51.0 Å². The molecular formula is C20H31N2+. The van der Waals surface area contributed by atoms with Gasteiger partial charge in [-0.15, -0.1) is 0 Å². The van der Waals surface area contributed by atoms with Crippen LogP contribution in [0.4, 0.5) is 0 Å². The van der Waals surface area contributed by atoms with Crippen LogP contribution in [0.2, 0.25) is 0 Å². The van der Waals surface area contributed by atoms with Gasteiger partial charge in [-0.1, -0.05) is 31.5 Å². The zero-order valence-corrected chi connectivity index (χ0v) is 14.1. The molecule has 1 fully saturated rings. The molecule has 1 aromatic heterocycles. The van der Waals surface area contributed by atoms with Gasteiger partial charge in [-0.05, 0) is 43.7 Å². The van der Waals surface area contributed by atoms with Crippen LogP contribution in [0.15, 0.2) is 30.5 Å². The molecule has 1 N–H and O–H groups in total. The molecule has 0 saturated carbocycles. The van der Waals surface area contributed by atoms with Crippen molar-refractivity contribution < 1.29 is 4.48 Å². The summed E-state index contributed by atoms with van der Waals surface area (Å²) in [5.41, 5.74) is 2.78. The average Bonchev–Trinajstić information content (AvgIpc) is 2.97. The van der Waals surface area contributed by atoms with Crippen LogP contribution in [0.5, 0.6) is 0 Å². The lowest BCUT2D eigenvalue weighted by Gasteiger charge is -2.42. The standard InChI is InChI=1S/C20H31N2/c1-2-3-13-22(14-7-4-8-15-22)16-9-10-18-17-21-20-12-6-5-11-19(18)20/h5-6,11-12,17,21H,2-4,7-10,13-16H2,1H3/q+1. The Morgan fingerprint density at radius 3 is 2.59 bits per heavy atom. The summed E-state index contributed by atoms with van der Waals surface area (Å²) >= 11 is 0. The van der Waals surface area contributed by atoms with Crippen LogP contribution in [-0.2, 0) is 6.42 Å². The van der Waals surface area contributed by atoms with Crippen molar-refractivity contribution >= 4 is 10.9 Å². The fourth-order valence-electron chi connectivity index (χ4n) is 4.18. The van der Waals surface area contributed by atoms with E-state index in [2.05, 4.69) is 42.4 Å². The lowest BCUT2D eigenvalue weighted by atomic mass is 10.0. The smallest absolute Gasteiger partial charge is 0.0789 e. The highest BCUT2D eigenvalue weighted by molar-refractivity contribution is 5.82. The van der Waals surface area contributed by atoms with Gasteiger partial charge >= 0.3 is 0 Å². The highest BCUT2D eigenvalue weighted by atomic mass is 15.3. The summed E-state index contributed by atoms with van der Waals surface area (Å²) in [5.74, 6) is 0. The van der Waals surface area contributed by atoms with E-state index in [4.69, 9.17) is 0 Å². The molecule has 1 aliphatic heterocycles. The fraction of sp³-hybridized carbons (Fsp3) is 0.600. The van der Waals surface area contributed by atoms with E-state index in [0.29, 0.717) is 0 Å². The summed E-state index contributed by atoms with van der Waals surface area (Å²) in [6.07, 6.45) is 11.8. The number of nitrogens with zero attached hydrogens (tertiary/aromatic N) is 1. The topological polar surface area (TPSA) is 15.8 Å². The van der Waals surface area contributed by atoms with Crippen LogP contribution in [-0.4, -0.2) is 35.6 Å². The van der Waals surface area contributed by atoms with Crippen molar-refractivity contribution in [1.29, 1.82) is 0 Å². The van der Waals surface area contributed by atoms with Crippen LogP contribution in [0, 0.1) is 0 Å². The molecule has 0 amide bonds. The normalized spacial score (nSPS) is 17.9. The molecule has 2 nitrogen and oxygen atoms in total. The number of hydrogen-bond acceptors (Lipinski definition) is 0. The summed E-state index contributed by atoms with van der Waals surface area (Å²) in [5, 5.41) is 1.42. The molecule has 120 valence electrons. The first-order valence-electron chi connectivity index (χ1n) is 9.23. The van der Waals surface area contributed by atoms with E-state index in [9.17, 15) is 0 Å². The van der Waals surface area contributed by atoms with Gasteiger partial charge in [-0.25, -0.2) is 0 Å². The SMILES string of the molecule is CCCC[N+]1(CCCc2c[nH]c3ccccc23)CCCCC1. The van der Waals surface area contributed by atoms with Gasteiger partial charge in [0.2, 0.25) is 0 Å². The van der Waals surface area contributed by atoms with Gasteiger partial charge in [-0.2, -0.15) is 0 Å². The summed E-state index contributed by atoms with van der Waals surface area (Å²) in [6, 6.07) is 8.70. The zero-order chi connectivity index (χ0) is 15.3. The predicted molar refractivity (Wildman–Crippen MR) is 95.1 cm³/mol. The van der Waals surface area contributed by atoms with Crippen molar-refractivity contribution in [2.75, 3.05) is 26.2 Å². The Kier molecular flexibility index (Phi) is 5.20. The van der Waals surface area contributed by atoms with Crippen molar-refractivity contribution in [1.82, 2.24) is 4.98 Å². The maximum absolute atomic E-state index is 3.42. The second-order valence-electron chi connectivity index (χ2n) is 7.11. The summed E-state index contributed by atoms with van der Waals surface area (Å²) in [4.78, 5) is 3.42. The molecule has 0 spiro atoms. The molecule has 2 heterocycles. The summed E-state index contributed by atoms with van der Waals surface area (Å²) in [7, 11) is 0. The maximum Gasteiger partial charge on any atom is 0.0789 e. The molecule has 0 aliphatic carbocycles. The number of nitrogens with one attached hydrogen (secondary N) is 1. The van der Waals surface area contributed by atoms with Crippen molar-refractivity contribution in [2.24, 2.45) is 0 Å². The van der Waals surface area contributed by atoms with Gasteiger partial charge in [0.15, 0.2) is 0 Å². The van der Waals surface area contributed by atoms with Crippen molar-refractivity contribution in [3.05, 3.63) is 36.0 Å². The Bertz CT molecular complexity index is 578. The van der Waals surface area contributed by atoms with E-state index in [-0.39, 0.29) is 0 Å². The third kappa shape index (κ3) is 3.55. The Hall–Kier alpha value is -1.28. The average molecular weight is 299 g/mol. The molecular weight excluding hydrogens is 268 g/mol. The number of benzene rings is 1. The van der Waals surface area contributed by atoms with Gasteiger partial charge in [0, 0.05) is 23.5 Å². The molecule has 0 bridgehead atoms. The molecule has 0 radical (unpaired) electrons.